The lowest BCUT2D eigenvalue weighted by Gasteiger charge is -2.07. The van der Waals surface area contributed by atoms with Crippen molar-refractivity contribution in [2.75, 3.05) is 5.32 Å². The van der Waals surface area contributed by atoms with Crippen LogP contribution in [-0.4, -0.2) is 10.5 Å². The number of rotatable bonds is 2. The maximum absolute atomic E-state index is 13.4. The van der Waals surface area contributed by atoms with Crippen molar-refractivity contribution in [3.8, 4) is 0 Å². The lowest BCUT2D eigenvalue weighted by atomic mass is 10.3. The molecule has 1 amide bonds. The molecule has 1 N–H and O–H groups in total. The predicted octanol–water partition coefficient (Wildman–Crippen LogP) is 3.32. The van der Waals surface area contributed by atoms with Crippen LogP contribution in [-0.2, 0) is 7.05 Å². The van der Waals surface area contributed by atoms with Crippen LogP contribution in [0.15, 0.2) is 34.9 Å². The third-order valence-electron chi connectivity index (χ3n) is 2.38. The molecule has 1 aromatic carbocycles. The van der Waals surface area contributed by atoms with Crippen molar-refractivity contribution in [3.05, 3.63) is 52.3 Å². The zero-order valence-corrected chi connectivity index (χ0v) is 11.0. The number of halogens is 3. The van der Waals surface area contributed by atoms with E-state index in [1.807, 2.05) is 0 Å². The third kappa shape index (κ3) is 2.59. The van der Waals surface area contributed by atoms with Crippen molar-refractivity contribution < 1.29 is 13.6 Å². The van der Waals surface area contributed by atoms with E-state index in [-0.39, 0.29) is 5.69 Å². The van der Waals surface area contributed by atoms with E-state index < -0.39 is 17.5 Å². The van der Waals surface area contributed by atoms with Gasteiger partial charge in [0.05, 0.1) is 5.69 Å². The summed E-state index contributed by atoms with van der Waals surface area (Å²) in [6, 6.07) is 4.48. The lowest BCUT2D eigenvalue weighted by Crippen LogP contribution is -2.16. The molecule has 0 saturated carbocycles. The molecule has 2 aromatic rings. The Kier molecular flexibility index (Phi) is 3.47. The number of anilines is 1. The Bertz CT molecular complexity index is 610. The Labute approximate surface area is 111 Å². The quantitative estimate of drug-likeness (QED) is 0.906. The first-order valence-corrected chi connectivity index (χ1v) is 5.85. The number of nitrogens with one attached hydrogen (secondary N) is 1. The third-order valence-corrected chi connectivity index (χ3v) is 2.81. The fourth-order valence-electron chi connectivity index (χ4n) is 1.53. The molecule has 94 valence electrons. The van der Waals surface area contributed by atoms with Crippen LogP contribution in [0.3, 0.4) is 0 Å². The minimum absolute atomic E-state index is 0.183. The number of hydrogen-bond donors (Lipinski definition) is 1. The van der Waals surface area contributed by atoms with Crippen LogP contribution in [0.25, 0.3) is 0 Å². The highest BCUT2D eigenvalue weighted by Gasteiger charge is 2.13. The van der Waals surface area contributed by atoms with Gasteiger partial charge in [-0.1, -0.05) is 0 Å². The molecule has 0 spiro atoms. The van der Waals surface area contributed by atoms with Crippen LogP contribution in [0.1, 0.15) is 10.5 Å². The number of amides is 1. The van der Waals surface area contributed by atoms with Gasteiger partial charge in [0.15, 0.2) is 0 Å². The van der Waals surface area contributed by atoms with E-state index in [9.17, 15) is 13.6 Å². The summed E-state index contributed by atoms with van der Waals surface area (Å²) in [5, 5.41) is 2.33. The molecule has 0 atom stereocenters. The standard InChI is InChI=1S/C12H9BrF2N2O/c1-17-6-7(13)4-11(17)12(18)16-10-5-8(14)2-3-9(10)15/h2-6H,1H3,(H,16,18). The molecule has 0 radical (unpaired) electrons. The molecule has 0 saturated heterocycles. The average molecular weight is 315 g/mol. The first-order chi connectivity index (χ1) is 8.47. The normalized spacial score (nSPS) is 10.4. The highest BCUT2D eigenvalue weighted by Crippen LogP contribution is 2.18. The first-order valence-electron chi connectivity index (χ1n) is 5.05. The summed E-state index contributed by atoms with van der Waals surface area (Å²) in [4.78, 5) is 11.9. The van der Waals surface area contributed by atoms with Gasteiger partial charge >= 0.3 is 0 Å². The molecule has 18 heavy (non-hydrogen) atoms. The second kappa shape index (κ2) is 4.89. The van der Waals surface area contributed by atoms with E-state index in [2.05, 4.69) is 21.2 Å². The van der Waals surface area contributed by atoms with Gasteiger partial charge in [-0.3, -0.25) is 4.79 Å². The number of aryl methyl sites for hydroxylation is 1. The molecule has 6 heteroatoms. The number of aromatic nitrogens is 1. The van der Waals surface area contributed by atoms with Crippen molar-refractivity contribution in [2.24, 2.45) is 7.05 Å². The highest BCUT2D eigenvalue weighted by atomic mass is 79.9. The zero-order valence-electron chi connectivity index (χ0n) is 9.38. The van der Waals surface area contributed by atoms with E-state index >= 15 is 0 Å². The minimum Gasteiger partial charge on any atom is -0.345 e. The van der Waals surface area contributed by atoms with E-state index in [1.54, 1.807) is 23.9 Å². The number of benzene rings is 1. The van der Waals surface area contributed by atoms with E-state index in [0.29, 0.717) is 5.69 Å². The molecule has 2 rings (SSSR count). The van der Waals surface area contributed by atoms with Crippen molar-refractivity contribution in [2.45, 2.75) is 0 Å². The monoisotopic (exact) mass is 314 g/mol. The van der Waals surface area contributed by atoms with Crippen molar-refractivity contribution >= 4 is 27.5 Å². The highest BCUT2D eigenvalue weighted by molar-refractivity contribution is 9.10. The molecular weight excluding hydrogens is 306 g/mol. The van der Waals surface area contributed by atoms with Gasteiger partial charge in [-0.25, -0.2) is 8.78 Å². The van der Waals surface area contributed by atoms with Crippen LogP contribution < -0.4 is 5.32 Å². The maximum Gasteiger partial charge on any atom is 0.272 e. The second-order valence-electron chi connectivity index (χ2n) is 3.73. The van der Waals surface area contributed by atoms with Gasteiger partial charge in [0, 0.05) is 23.8 Å². The molecule has 0 fully saturated rings. The molecule has 3 nitrogen and oxygen atoms in total. The minimum atomic E-state index is -0.682. The number of carbonyl (C=O) groups excluding carboxylic acids is 1. The van der Waals surface area contributed by atoms with E-state index in [1.165, 1.54) is 0 Å². The summed E-state index contributed by atoms with van der Waals surface area (Å²) in [6.07, 6.45) is 1.69. The summed E-state index contributed by atoms with van der Waals surface area (Å²) in [5.41, 5.74) is 0.155. The first kappa shape index (κ1) is 12.8. The van der Waals surface area contributed by atoms with Crippen LogP contribution in [0, 0.1) is 11.6 Å². The van der Waals surface area contributed by atoms with Gasteiger partial charge in [-0.15, -0.1) is 0 Å². The molecule has 1 aromatic heterocycles. The van der Waals surface area contributed by atoms with Crippen molar-refractivity contribution in [3.63, 3.8) is 0 Å². The van der Waals surface area contributed by atoms with Gasteiger partial charge in [-0.2, -0.15) is 0 Å². The topological polar surface area (TPSA) is 34.0 Å². The average Bonchev–Trinajstić information content (AvgIpc) is 2.63. The summed E-state index contributed by atoms with van der Waals surface area (Å²) in [6.45, 7) is 0. The molecule has 0 aliphatic heterocycles. The largest absolute Gasteiger partial charge is 0.345 e. The summed E-state index contributed by atoms with van der Waals surface area (Å²) in [5.74, 6) is -1.80. The van der Waals surface area contributed by atoms with Crippen LogP contribution in [0.4, 0.5) is 14.5 Å². The van der Waals surface area contributed by atoms with Crippen molar-refractivity contribution in [1.29, 1.82) is 0 Å². The molecule has 0 unspecified atom stereocenters. The molecular formula is C12H9BrF2N2O. The van der Waals surface area contributed by atoms with Crippen LogP contribution in [0.5, 0.6) is 0 Å². The Hall–Kier alpha value is -1.69. The number of nitrogens with zero attached hydrogens (tertiary/aromatic N) is 1. The van der Waals surface area contributed by atoms with Crippen molar-refractivity contribution in [1.82, 2.24) is 4.57 Å². The van der Waals surface area contributed by atoms with Gasteiger partial charge in [0.25, 0.3) is 5.91 Å². The van der Waals surface area contributed by atoms with Crippen LogP contribution >= 0.6 is 15.9 Å². The van der Waals surface area contributed by atoms with E-state index in [4.69, 9.17) is 0 Å². The maximum atomic E-state index is 13.4. The Morgan fingerprint density at radius 3 is 2.67 bits per heavy atom. The Morgan fingerprint density at radius 2 is 2.06 bits per heavy atom. The lowest BCUT2D eigenvalue weighted by molar-refractivity contribution is 0.101. The zero-order chi connectivity index (χ0) is 13.3. The van der Waals surface area contributed by atoms with Gasteiger partial charge in [0.1, 0.15) is 17.3 Å². The molecule has 0 aliphatic rings. The molecule has 0 aliphatic carbocycles. The Balaban J connectivity index is 2.26. The van der Waals surface area contributed by atoms with Crippen LogP contribution in [0.2, 0.25) is 0 Å². The van der Waals surface area contributed by atoms with Gasteiger partial charge < -0.3 is 9.88 Å². The second-order valence-corrected chi connectivity index (χ2v) is 4.65. The fourth-order valence-corrected chi connectivity index (χ4v) is 2.05. The smallest absolute Gasteiger partial charge is 0.272 e. The van der Waals surface area contributed by atoms with Gasteiger partial charge in [0.2, 0.25) is 0 Å². The molecule has 0 bridgehead atoms. The fraction of sp³-hybridized carbons (Fsp3) is 0.0833. The molecule has 1 heterocycles. The number of carbonyl (C=O) groups is 1. The summed E-state index contributed by atoms with van der Waals surface area (Å²) >= 11 is 3.23. The summed E-state index contributed by atoms with van der Waals surface area (Å²) < 4.78 is 28.6. The van der Waals surface area contributed by atoms with E-state index in [0.717, 1.165) is 22.7 Å². The Morgan fingerprint density at radius 1 is 1.33 bits per heavy atom. The summed E-state index contributed by atoms with van der Waals surface area (Å²) in [7, 11) is 1.68. The van der Waals surface area contributed by atoms with Gasteiger partial charge in [-0.05, 0) is 34.1 Å². The number of hydrogen-bond acceptors (Lipinski definition) is 1. The predicted molar refractivity (Wildman–Crippen MR) is 67.4 cm³/mol. The SMILES string of the molecule is Cn1cc(Br)cc1C(=O)Nc1cc(F)ccc1F.